The standard InChI is InChI=1S/C19H22F3N3O4/c1-18(2,3)29-17(26)10-25(13-4-5-14-15(8-13)28-12-27-14)9-16-23-6-7-24(16)11-19(20,21)22/h4-8H,9-12H2,1-3H3. The van der Waals surface area contributed by atoms with Crippen molar-refractivity contribution in [1.29, 1.82) is 0 Å². The molecule has 10 heteroatoms. The van der Waals surface area contributed by atoms with Gasteiger partial charge in [-0.05, 0) is 32.9 Å². The summed E-state index contributed by atoms with van der Waals surface area (Å²) in [5, 5.41) is 0. The minimum Gasteiger partial charge on any atom is -0.459 e. The van der Waals surface area contributed by atoms with Crippen molar-refractivity contribution in [2.24, 2.45) is 0 Å². The van der Waals surface area contributed by atoms with E-state index in [-0.39, 0.29) is 25.7 Å². The highest BCUT2D eigenvalue weighted by atomic mass is 19.4. The summed E-state index contributed by atoms with van der Waals surface area (Å²) in [6.07, 6.45) is -1.83. The maximum atomic E-state index is 12.8. The Morgan fingerprint density at radius 3 is 2.66 bits per heavy atom. The van der Waals surface area contributed by atoms with Gasteiger partial charge in [-0.2, -0.15) is 13.2 Å². The lowest BCUT2D eigenvalue weighted by Crippen LogP contribution is -2.35. The molecule has 0 unspecified atom stereocenters. The van der Waals surface area contributed by atoms with E-state index < -0.39 is 24.3 Å². The van der Waals surface area contributed by atoms with Gasteiger partial charge in [0, 0.05) is 24.1 Å². The minimum absolute atomic E-state index is 0.0258. The van der Waals surface area contributed by atoms with Crippen LogP contribution >= 0.6 is 0 Å². The van der Waals surface area contributed by atoms with Crippen LogP contribution in [0.25, 0.3) is 0 Å². The highest BCUT2D eigenvalue weighted by Gasteiger charge is 2.29. The Bertz CT molecular complexity index is 874. The van der Waals surface area contributed by atoms with E-state index in [1.54, 1.807) is 43.9 Å². The van der Waals surface area contributed by atoms with Crippen LogP contribution in [0.15, 0.2) is 30.6 Å². The van der Waals surface area contributed by atoms with Crippen molar-refractivity contribution in [2.75, 3.05) is 18.2 Å². The van der Waals surface area contributed by atoms with Gasteiger partial charge >= 0.3 is 12.1 Å². The molecule has 1 aliphatic rings. The third kappa shape index (κ3) is 5.78. The Morgan fingerprint density at radius 1 is 1.24 bits per heavy atom. The molecule has 29 heavy (non-hydrogen) atoms. The second-order valence-electron chi connectivity index (χ2n) is 7.57. The first-order chi connectivity index (χ1) is 13.5. The van der Waals surface area contributed by atoms with Crippen molar-refractivity contribution in [3.63, 3.8) is 0 Å². The summed E-state index contributed by atoms with van der Waals surface area (Å²) in [5.74, 6) is 0.715. The summed E-state index contributed by atoms with van der Waals surface area (Å²) >= 11 is 0. The molecule has 0 spiro atoms. The Balaban J connectivity index is 1.85. The van der Waals surface area contributed by atoms with Crippen molar-refractivity contribution in [3.05, 3.63) is 36.4 Å². The van der Waals surface area contributed by atoms with E-state index in [9.17, 15) is 18.0 Å². The summed E-state index contributed by atoms with van der Waals surface area (Å²) in [6.45, 7) is 3.95. The molecule has 2 heterocycles. The fourth-order valence-electron chi connectivity index (χ4n) is 2.85. The van der Waals surface area contributed by atoms with Crippen molar-refractivity contribution in [1.82, 2.24) is 9.55 Å². The fourth-order valence-corrected chi connectivity index (χ4v) is 2.85. The van der Waals surface area contributed by atoms with Crippen LogP contribution in [-0.2, 0) is 22.6 Å². The number of halogens is 3. The lowest BCUT2D eigenvalue weighted by molar-refractivity contribution is -0.153. The van der Waals surface area contributed by atoms with E-state index in [0.717, 1.165) is 4.57 Å². The van der Waals surface area contributed by atoms with E-state index in [1.165, 1.54) is 12.4 Å². The molecule has 2 aromatic rings. The highest BCUT2D eigenvalue weighted by molar-refractivity contribution is 5.76. The summed E-state index contributed by atoms with van der Waals surface area (Å²) < 4.78 is 55.5. The monoisotopic (exact) mass is 413 g/mol. The number of aromatic nitrogens is 2. The fraction of sp³-hybridized carbons (Fsp3) is 0.474. The van der Waals surface area contributed by atoms with E-state index in [1.807, 2.05) is 0 Å². The van der Waals surface area contributed by atoms with Crippen molar-refractivity contribution in [3.8, 4) is 11.5 Å². The molecule has 3 rings (SSSR count). The number of imidazole rings is 1. The number of fused-ring (bicyclic) bond motifs is 1. The molecule has 1 aromatic heterocycles. The quantitative estimate of drug-likeness (QED) is 0.676. The number of benzene rings is 1. The predicted octanol–water partition coefficient (Wildman–Crippen LogP) is 3.52. The Kier molecular flexibility index (Phi) is 5.63. The second kappa shape index (κ2) is 7.84. The smallest absolute Gasteiger partial charge is 0.406 e. The molecule has 0 bridgehead atoms. The first kappa shape index (κ1) is 20.8. The number of anilines is 1. The molecular formula is C19H22F3N3O4. The average molecular weight is 413 g/mol. The number of ether oxygens (including phenoxy) is 3. The van der Waals surface area contributed by atoms with Crippen LogP contribution < -0.4 is 14.4 Å². The van der Waals surface area contributed by atoms with Gasteiger partial charge in [0.25, 0.3) is 0 Å². The van der Waals surface area contributed by atoms with E-state index in [0.29, 0.717) is 17.2 Å². The highest BCUT2D eigenvalue weighted by Crippen LogP contribution is 2.36. The van der Waals surface area contributed by atoms with Crippen LogP contribution in [0.2, 0.25) is 0 Å². The molecule has 1 aromatic carbocycles. The summed E-state index contributed by atoms with van der Waals surface area (Å²) in [4.78, 5) is 18.0. The molecule has 0 aliphatic carbocycles. The Morgan fingerprint density at radius 2 is 1.97 bits per heavy atom. The van der Waals surface area contributed by atoms with Gasteiger partial charge in [-0.15, -0.1) is 0 Å². The van der Waals surface area contributed by atoms with Gasteiger partial charge in [-0.25, -0.2) is 4.98 Å². The summed E-state index contributed by atoms with van der Waals surface area (Å²) in [5.41, 5.74) is -0.117. The molecule has 7 nitrogen and oxygen atoms in total. The number of rotatable bonds is 6. The molecule has 0 amide bonds. The van der Waals surface area contributed by atoms with Crippen LogP contribution in [-0.4, -0.2) is 40.6 Å². The normalized spacial score (nSPS) is 13.4. The third-order valence-corrected chi connectivity index (χ3v) is 3.94. The number of alkyl halides is 3. The van der Waals surface area contributed by atoms with Gasteiger partial charge in [0.2, 0.25) is 6.79 Å². The molecule has 0 N–H and O–H groups in total. The SMILES string of the molecule is CC(C)(C)OC(=O)CN(Cc1nccn1CC(F)(F)F)c1ccc2c(c1)OCO2. The number of carbonyl (C=O) groups excluding carboxylic acids is 1. The molecule has 0 fully saturated rings. The molecule has 0 saturated heterocycles. The van der Waals surface area contributed by atoms with E-state index in [2.05, 4.69) is 4.98 Å². The minimum atomic E-state index is -4.38. The molecular weight excluding hydrogens is 391 g/mol. The van der Waals surface area contributed by atoms with Crippen molar-refractivity contribution in [2.45, 2.75) is 45.6 Å². The number of esters is 1. The average Bonchev–Trinajstić information content (AvgIpc) is 3.19. The van der Waals surface area contributed by atoms with Gasteiger partial charge < -0.3 is 23.7 Å². The van der Waals surface area contributed by atoms with Crippen molar-refractivity contribution >= 4 is 11.7 Å². The molecule has 0 saturated carbocycles. The van der Waals surface area contributed by atoms with Crippen LogP contribution in [0.5, 0.6) is 11.5 Å². The van der Waals surface area contributed by atoms with Crippen LogP contribution in [0.1, 0.15) is 26.6 Å². The van der Waals surface area contributed by atoms with Gasteiger partial charge in [0.15, 0.2) is 11.5 Å². The molecule has 1 aliphatic heterocycles. The van der Waals surface area contributed by atoms with Gasteiger partial charge in [-0.3, -0.25) is 4.79 Å². The zero-order chi connectivity index (χ0) is 21.2. The van der Waals surface area contributed by atoms with Crippen molar-refractivity contribution < 1.29 is 32.2 Å². The maximum Gasteiger partial charge on any atom is 0.406 e. The Labute approximate surface area is 166 Å². The zero-order valence-corrected chi connectivity index (χ0v) is 16.3. The van der Waals surface area contributed by atoms with Gasteiger partial charge in [0.1, 0.15) is 24.5 Å². The molecule has 0 radical (unpaired) electrons. The lowest BCUT2D eigenvalue weighted by Gasteiger charge is -2.27. The number of hydrogen-bond donors (Lipinski definition) is 0. The predicted molar refractivity (Wildman–Crippen MR) is 97.7 cm³/mol. The number of carbonyl (C=O) groups is 1. The van der Waals surface area contributed by atoms with Gasteiger partial charge in [0.05, 0.1) is 6.54 Å². The second-order valence-corrected chi connectivity index (χ2v) is 7.57. The van der Waals surface area contributed by atoms with Crippen LogP contribution in [0, 0.1) is 0 Å². The molecule has 158 valence electrons. The lowest BCUT2D eigenvalue weighted by atomic mass is 10.2. The first-order valence-electron chi connectivity index (χ1n) is 8.93. The number of hydrogen-bond acceptors (Lipinski definition) is 6. The van der Waals surface area contributed by atoms with E-state index >= 15 is 0 Å². The topological polar surface area (TPSA) is 65.8 Å². The largest absolute Gasteiger partial charge is 0.459 e. The van der Waals surface area contributed by atoms with Crippen LogP contribution in [0.3, 0.4) is 0 Å². The van der Waals surface area contributed by atoms with Gasteiger partial charge in [-0.1, -0.05) is 0 Å². The molecule has 0 atom stereocenters. The maximum absolute atomic E-state index is 12.8. The number of nitrogens with zero attached hydrogens (tertiary/aromatic N) is 3. The Hall–Kier alpha value is -2.91. The van der Waals surface area contributed by atoms with Crippen LogP contribution in [0.4, 0.5) is 18.9 Å². The van der Waals surface area contributed by atoms with E-state index in [4.69, 9.17) is 14.2 Å². The third-order valence-electron chi connectivity index (χ3n) is 3.94. The first-order valence-corrected chi connectivity index (χ1v) is 8.93. The zero-order valence-electron chi connectivity index (χ0n) is 16.3. The summed E-state index contributed by atoms with van der Waals surface area (Å²) in [7, 11) is 0. The summed E-state index contributed by atoms with van der Waals surface area (Å²) in [6, 6.07) is 5.06.